The molecule has 118 valence electrons. The Kier molecular flexibility index (Phi) is 4.35. The van der Waals surface area contributed by atoms with Crippen molar-refractivity contribution < 1.29 is 9.18 Å². The van der Waals surface area contributed by atoms with Crippen LogP contribution < -0.4 is 5.32 Å². The molecule has 3 aromatic rings. The molecule has 0 fully saturated rings. The molecule has 0 aliphatic heterocycles. The van der Waals surface area contributed by atoms with E-state index in [9.17, 15) is 9.18 Å². The number of benzene rings is 1. The molecule has 1 amide bonds. The average Bonchev–Trinajstić information content (AvgIpc) is 3.03. The molecule has 0 bridgehead atoms. The zero-order valence-corrected chi connectivity index (χ0v) is 13.7. The minimum Gasteiger partial charge on any atom is -0.319 e. The van der Waals surface area contributed by atoms with Crippen LogP contribution in [0.5, 0.6) is 0 Å². The van der Waals surface area contributed by atoms with Crippen molar-refractivity contribution >= 4 is 27.5 Å². The van der Waals surface area contributed by atoms with E-state index in [-0.39, 0.29) is 0 Å². The normalized spacial score (nSPS) is 10.2. The van der Waals surface area contributed by atoms with E-state index in [1.54, 1.807) is 24.5 Å². The maximum Gasteiger partial charge on any atom is 0.256 e. The molecule has 2 heterocycles. The Morgan fingerprint density at radius 3 is 2.96 bits per heavy atom. The monoisotopic (exact) mass is 385 g/mol. The molecule has 2 aromatic heterocycles. The van der Waals surface area contributed by atoms with Gasteiger partial charge in [0.05, 0.1) is 29.2 Å². The van der Waals surface area contributed by atoms with E-state index >= 15 is 0 Å². The molecule has 0 aliphatic carbocycles. The summed E-state index contributed by atoms with van der Waals surface area (Å²) >= 11 is 3.15. The summed E-state index contributed by atoms with van der Waals surface area (Å²) in [7, 11) is 0. The summed E-state index contributed by atoms with van der Waals surface area (Å²) in [6.07, 6.45) is 4.52. The number of hydrogen-bond donors (Lipinski definition) is 1. The molecular formula is C16H9BrFN5O. The third-order valence-electron chi connectivity index (χ3n) is 3.14. The van der Waals surface area contributed by atoms with Crippen molar-refractivity contribution in [1.29, 1.82) is 5.26 Å². The van der Waals surface area contributed by atoms with Gasteiger partial charge < -0.3 is 5.32 Å². The smallest absolute Gasteiger partial charge is 0.256 e. The van der Waals surface area contributed by atoms with Crippen LogP contribution in [0.4, 0.5) is 10.1 Å². The molecule has 1 aromatic carbocycles. The number of halogens is 2. The van der Waals surface area contributed by atoms with Crippen LogP contribution in [-0.2, 0) is 0 Å². The fourth-order valence-corrected chi connectivity index (χ4v) is 2.57. The predicted molar refractivity (Wildman–Crippen MR) is 88.1 cm³/mol. The first-order valence-electron chi connectivity index (χ1n) is 6.75. The van der Waals surface area contributed by atoms with Gasteiger partial charge in [0.1, 0.15) is 11.9 Å². The van der Waals surface area contributed by atoms with Crippen molar-refractivity contribution in [3.63, 3.8) is 0 Å². The number of amides is 1. The van der Waals surface area contributed by atoms with Crippen LogP contribution in [0, 0.1) is 17.1 Å². The quantitative estimate of drug-likeness (QED) is 0.749. The molecule has 3 rings (SSSR count). The van der Waals surface area contributed by atoms with Gasteiger partial charge in [0.2, 0.25) is 0 Å². The number of rotatable bonds is 3. The number of nitrogens with one attached hydrogen (secondary N) is 1. The number of pyridine rings is 1. The second-order valence-corrected chi connectivity index (χ2v) is 5.59. The molecule has 0 spiro atoms. The summed E-state index contributed by atoms with van der Waals surface area (Å²) in [5.41, 5.74) is 1.07. The summed E-state index contributed by atoms with van der Waals surface area (Å²) < 4.78 is 14.8. The first kappa shape index (κ1) is 15.8. The number of nitrogens with zero attached hydrogens (tertiary/aromatic N) is 4. The Balaban J connectivity index is 1.84. The average molecular weight is 386 g/mol. The summed E-state index contributed by atoms with van der Waals surface area (Å²) in [5, 5.41) is 15.9. The van der Waals surface area contributed by atoms with Crippen LogP contribution in [0.3, 0.4) is 0 Å². The Morgan fingerprint density at radius 2 is 2.21 bits per heavy atom. The van der Waals surface area contributed by atoms with Gasteiger partial charge in [-0.15, -0.1) is 0 Å². The minimum absolute atomic E-state index is 0.291. The molecule has 8 heteroatoms. The van der Waals surface area contributed by atoms with E-state index in [4.69, 9.17) is 5.26 Å². The van der Waals surface area contributed by atoms with Gasteiger partial charge >= 0.3 is 0 Å². The van der Waals surface area contributed by atoms with Crippen molar-refractivity contribution in [3.8, 4) is 11.9 Å². The molecule has 0 saturated carbocycles. The lowest BCUT2D eigenvalue weighted by atomic mass is 10.2. The number of hydrogen-bond acceptors (Lipinski definition) is 4. The number of anilines is 1. The van der Waals surface area contributed by atoms with Crippen molar-refractivity contribution in [1.82, 2.24) is 14.8 Å². The second-order valence-electron chi connectivity index (χ2n) is 4.74. The lowest BCUT2D eigenvalue weighted by Crippen LogP contribution is -2.12. The van der Waals surface area contributed by atoms with E-state index in [0.29, 0.717) is 27.1 Å². The van der Waals surface area contributed by atoms with Crippen LogP contribution in [-0.4, -0.2) is 20.7 Å². The van der Waals surface area contributed by atoms with Gasteiger partial charge in [-0.1, -0.05) is 0 Å². The fourth-order valence-electron chi connectivity index (χ4n) is 2.04. The van der Waals surface area contributed by atoms with E-state index in [1.165, 1.54) is 29.1 Å². The number of aromatic nitrogens is 3. The fraction of sp³-hybridized carbons (Fsp3) is 0. The van der Waals surface area contributed by atoms with Gasteiger partial charge in [0.15, 0.2) is 5.82 Å². The third kappa shape index (κ3) is 3.16. The summed E-state index contributed by atoms with van der Waals surface area (Å²) in [6, 6.07) is 9.11. The van der Waals surface area contributed by atoms with E-state index in [1.807, 2.05) is 6.07 Å². The highest BCUT2D eigenvalue weighted by atomic mass is 79.9. The summed E-state index contributed by atoms with van der Waals surface area (Å²) in [6.45, 7) is 0. The number of nitriles is 1. The van der Waals surface area contributed by atoms with Crippen molar-refractivity contribution in [2.45, 2.75) is 0 Å². The van der Waals surface area contributed by atoms with Gasteiger partial charge in [0, 0.05) is 10.7 Å². The number of carbonyl (C=O) groups excluding carboxylic acids is 1. The Morgan fingerprint density at radius 1 is 1.38 bits per heavy atom. The van der Waals surface area contributed by atoms with Crippen LogP contribution in [0.25, 0.3) is 5.82 Å². The van der Waals surface area contributed by atoms with E-state index in [2.05, 4.69) is 31.3 Å². The third-order valence-corrected chi connectivity index (χ3v) is 3.80. The van der Waals surface area contributed by atoms with Gasteiger partial charge in [-0.3, -0.25) is 4.79 Å². The van der Waals surface area contributed by atoms with Crippen LogP contribution in [0.2, 0.25) is 0 Å². The molecule has 24 heavy (non-hydrogen) atoms. The number of carbonyl (C=O) groups is 1. The summed E-state index contributed by atoms with van der Waals surface area (Å²) in [4.78, 5) is 16.4. The molecule has 0 aliphatic rings. The Bertz CT molecular complexity index is 963. The molecule has 0 radical (unpaired) electrons. The maximum absolute atomic E-state index is 13.1. The topological polar surface area (TPSA) is 83.6 Å². The Labute approximate surface area is 144 Å². The highest BCUT2D eigenvalue weighted by Gasteiger charge is 2.13. The van der Waals surface area contributed by atoms with Crippen LogP contribution >= 0.6 is 15.9 Å². The predicted octanol–water partition coefficient (Wildman–Crippen LogP) is 3.29. The zero-order chi connectivity index (χ0) is 17.1. The lowest BCUT2D eigenvalue weighted by molar-refractivity contribution is 0.102. The minimum atomic E-state index is -0.439. The standard InChI is InChI=1S/C16H9BrFN5O/c17-14-6-11(18)3-4-13(14)16(24)22-12-8-21-23(9-12)15-10(7-19)2-1-5-20-15/h1-6,8-9H,(H,22,24). The summed E-state index contributed by atoms with van der Waals surface area (Å²) in [5.74, 6) is -0.489. The van der Waals surface area contributed by atoms with Crippen molar-refractivity contribution in [2.24, 2.45) is 0 Å². The maximum atomic E-state index is 13.1. The van der Waals surface area contributed by atoms with Gasteiger partial charge in [-0.2, -0.15) is 10.4 Å². The molecule has 0 saturated heterocycles. The lowest BCUT2D eigenvalue weighted by Gasteiger charge is -2.05. The Hall–Kier alpha value is -3.05. The van der Waals surface area contributed by atoms with Crippen LogP contribution in [0.1, 0.15) is 15.9 Å². The molecule has 1 N–H and O–H groups in total. The van der Waals surface area contributed by atoms with Crippen LogP contribution in [0.15, 0.2) is 53.4 Å². The zero-order valence-electron chi connectivity index (χ0n) is 12.1. The molecule has 0 unspecified atom stereocenters. The van der Waals surface area contributed by atoms with E-state index < -0.39 is 11.7 Å². The van der Waals surface area contributed by atoms with E-state index in [0.717, 1.165) is 0 Å². The van der Waals surface area contributed by atoms with Crippen molar-refractivity contribution in [2.75, 3.05) is 5.32 Å². The molecule has 0 atom stereocenters. The van der Waals surface area contributed by atoms with Gasteiger partial charge in [-0.25, -0.2) is 14.1 Å². The SMILES string of the molecule is N#Cc1cccnc1-n1cc(NC(=O)c2ccc(F)cc2Br)cn1. The highest BCUT2D eigenvalue weighted by Crippen LogP contribution is 2.20. The first-order valence-corrected chi connectivity index (χ1v) is 7.54. The highest BCUT2D eigenvalue weighted by molar-refractivity contribution is 9.10. The largest absolute Gasteiger partial charge is 0.319 e. The second kappa shape index (κ2) is 6.60. The van der Waals surface area contributed by atoms with Crippen molar-refractivity contribution in [3.05, 3.63) is 70.3 Å². The molecule has 6 nitrogen and oxygen atoms in total. The first-order chi connectivity index (χ1) is 11.6. The molecular weight excluding hydrogens is 377 g/mol. The van der Waals surface area contributed by atoms with Gasteiger partial charge in [-0.05, 0) is 46.3 Å². The van der Waals surface area contributed by atoms with Gasteiger partial charge in [0.25, 0.3) is 5.91 Å².